The number of benzene rings is 1. The summed E-state index contributed by atoms with van der Waals surface area (Å²) in [4.78, 5) is 9.94. The van der Waals surface area contributed by atoms with Crippen LogP contribution in [0.2, 0.25) is 0 Å². The number of rotatable bonds is 4. The number of hydrogen-bond acceptors (Lipinski definition) is 2. The van der Waals surface area contributed by atoms with Crippen LogP contribution in [-0.4, -0.2) is 12.8 Å². The molecule has 0 aliphatic carbocycles. The van der Waals surface area contributed by atoms with Gasteiger partial charge in [-0.25, -0.2) is 4.39 Å². The summed E-state index contributed by atoms with van der Waals surface area (Å²) in [5.41, 5.74) is 0.0709. The van der Waals surface area contributed by atoms with Crippen LogP contribution in [0.5, 0.6) is 5.75 Å². The predicted molar refractivity (Wildman–Crippen MR) is 46.0 cm³/mol. The highest BCUT2D eigenvalue weighted by Crippen LogP contribution is 2.24. The van der Waals surface area contributed by atoms with E-state index in [1.807, 2.05) is 0 Å². The third kappa shape index (κ3) is 3.76. The molecule has 0 saturated heterocycles. The van der Waals surface area contributed by atoms with Crippen molar-refractivity contribution < 1.29 is 27.1 Å². The second-order valence-corrected chi connectivity index (χ2v) is 2.80. The van der Waals surface area contributed by atoms with Crippen molar-refractivity contribution in [3.63, 3.8) is 0 Å². The number of amides is 1. The van der Waals surface area contributed by atoms with Crippen molar-refractivity contribution >= 4 is 6.41 Å². The molecule has 16 heavy (non-hydrogen) atoms. The van der Waals surface area contributed by atoms with Gasteiger partial charge in [0.05, 0.1) is 0 Å². The minimum Gasteiger partial charge on any atom is -0.406 e. The molecule has 88 valence electrons. The fourth-order valence-corrected chi connectivity index (χ4v) is 1.02. The molecule has 0 saturated carbocycles. The van der Waals surface area contributed by atoms with Gasteiger partial charge in [0.25, 0.3) is 0 Å². The van der Waals surface area contributed by atoms with Crippen LogP contribution in [0.3, 0.4) is 0 Å². The number of carbonyl (C=O) groups excluding carboxylic acids is 1. The molecule has 0 aromatic heterocycles. The van der Waals surface area contributed by atoms with Crippen LogP contribution in [0, 0.1) is 5.82 Å². The maximum absolute atomic E-state index is 13.1. The molecule has 0 aliphatic heterocycles. The van der Waals surface area contributed by atoms with Gasteiger partial charge in [-0.1, -0.05) is 6.07 Å². The fourth-order valence-electron chi connectivity index (χ4n) is 1.02. The molecule has 0 atom stereocenters. The summed E-state index contributed by atoms with van der Waals surface area (Å²) in [7, 11) is 0. The number of nitrogens with one attached hydrogen (secondary N) is 1. The predicted octanol–water partition coefficient (Wildman–Crippen LogP) is 1.97. The quantitative estimate of drug-likeness (QED) is 0.642. The van der Waals surface area contributed by atoms with Crippen molar-refractivity contribution in [3.05, 3.63) is 29.6 Å². The Kier molecular flexibility index (Phi) is 3.70. The lowest BCUT2D eigenvalue weighted by atomic mass is 10.2. The van der Waals surface area contributed by atoms with Crippen LogP contribution >= 0.6 is 0 Å². The van der Waals surface area contributed by atoms with E-state index in [-0.39, 0.29) is 12.1 Å². The summed E-state index contributed by atoms with van der Waals surface area (Å²) in [5, 5.41) is 2.19. The van der Waals surface area contributed by atoms with E-state index in [1.54, 1.807) is 0 Å². The first-order chi connectivity index (χ1) is 7.42. The third-order valence-corrected chi connectivity index (χ3v) is 1.63. The van der Waals surface area contributed by atoms with E-state index in [4.69, 9.17) is 0 Å². The van der Waals surface area contributed by atoms with E-state index >= 15 is 0 Å². The molecule has 7 heteroatoms. The van der Waals surface area contributed by atoms with E-state index < -0.39 is 17.9 Å². The molecule has 0 heterocycles. The zero-order valence-electron chi connectivity index (χ0n) is 7.84. The van der Waals surface area contributed by atoms with E-state index in [1.165, 1.54) is 0 Å². The summed E-state index contributed by atoms with van der Waals surface area (Å²) in [5.74, 6) is -1.52. The molecule has 0 unspecified atom stereocenters. The topological polar surface area (TPSA) is 38.3 Å². The Morgan fingerprint density at radius 2 is 2.06 bits per heavy atom. The first-order valence-electron chi connectivity index (χ1n) is 4.13. The van der Waals surface area contributed by atoms with Gasteiger partial charge in [-0.05, 0) is 6.07 Å². The summed E-state index contributed by atoms with van der Waals surface area (Å²) in [6.45, 7) is -0.0956. The lowest BCUT2D eigenvalue weighted by Gasteiger charge is -2.09. The summed E-state index contributed by atoms with van der Waals surface area (Å²) in [6.07, 6.45) is -4.49. The van der Waals surface area contributed by atoms with Crippen LogP contribution in [0.1, 0.15) is 5.56 Å². The molecule has 0 spiro atoms. The van der Waals surface area contributed by atoms with Crippen LogP contribution in [0.4, 0.5) is 17.6 Å². The van der Waals surface area contributed by atoms with Crippen LogP contribution in [0.25, 0.3) is 0 Å². The Labute approximate surface area is 88.0 Å². The van der Waals surface area contributed by atoms with E-state index in [0.29, 0.717) is 12.5 Å². The fraction of sp³-hybridized carbons (Fsp3) is 0.222. The standard InChI is InChI=1S/C9H7F4NO2/c10-8-3-7(16-9(11,12)13)2-1-6(8)4-14-5-15/h1-3,5H,4H2,(H,14,15). The largest absolute Gasteiger partial charge is 0.573 e. The zero-order chi connectivity index (χ0) is 12.2. The van der Waals surface area contributed by atoms with Crippen molar-refractivity contribution in [2.45, 2.75) is 12.9 Å². The second kappa shape index (κ2) is 4.82. The van der Waals surface area contributed by atoms with E-state index in [0.717, 1.165) is 12.1 Å². The monoisotopic (exact) mass is 237 g/mol. The van der Waals surface area contributed by atoms with Gasteiger partial charge in [-0.15, -0.1) is 13.2 Å². The maximum Gasteiger partial charge on any atom is 0.573 e. The molecule has 1 amide bonds. The summed E-state index contributed by atoms with van der Waals surface area (Å²) >= 11 is 0. The average Bonchev–Trinajstić information content (AvgIpc) is 2.14. The summed E-state index contributed by atoms with van der Waals surface area (Å²) < 4.78 is 52.0. The third-order valence-electron chi connectivity index (χ3n) is 1.63. The molecule has 3 nitrogen and oxygen atoms in total. The van der Waals surface area contributed by atoms with E-state index in [9.17, 15) is 22.4 Å². The molecule has 0 radical (unpaired) electrons. The highest BCUT2D eigenvalue weighted by Gasteiger charge is 2.31. The Bertz CT molecular complexity index is 378. The van der Waals surface area contributed by atoms with Gasteiger partial charge in [0.1, 0.15) is 11.6 Å². The van der Waals surface area contributed by atoms with Crippen molar-refractivity contribution in [1.29, 1.82) is 0 Å². The van der Waals surface area contributed by atoms with Gasteiger partial charge < -0.3 is 10.1 Å². The van der Waals surface area contributed by atoms with Gasteiger partial charge in [0.2, 0.25) is 6.41 Å². The number of hydrogen-bond donors (Lipinski definition) is 1. The molecular weight excluding hydrogens is 230 g/mol. The maximum atomic E-state index is 13.1. The van der Waals surface area contributed by atoms with Gasteiger partial charge in [0.15, 0.2) is 0 Å². The molecule has 1 aromatic carbocycles. The second-order valence-electron chi connectivity index (χ2n) is 2.80. The molecule has 1 aromatic rings. The SMILES string of the molecule is O=CNCc1ccc(OC(F)(F)F)cc1F. The van der Waals surface area contributed by atoms with Gasteiger partial charge in [-0.2, -0.15) is 0 Å². The lowest BCUT2D eigenvalue weighted by molar-refractivity contribution is -0.274. The van der Waals surface area contributed by atoms with Crippen LogP contribution in [0.15, 0.2) is 18.2 Å². The first kappa shape index (κ1) is 12.3. The highest BCUT2D eigenvalue weighted by atomic mass is 19.4. The Balaban J connectivity index is 2.78. The first-order valence-corrected chi connectivity index (χ1v) is 4.13. The minimum atomic E-state index is -4.85. The Morgan fingerprint density at radius 1 is 1.38 bits per heavy atom. The van der Waals surface area contributed by atoms with Gasteiger partial charge >= 0.3 is 6.36 Å². The number of halogens is 4. The molecule has 0 aliphatic rings. The highest BCUT2D eigenvalue weighted by molar-refractivity contribution is 5.46. The number of carbonyl (C=O) groups is 1. The molecule has 0 fully saturated rings. The average molecular weight is 237 g/mol. The van der Waals surface area contributed by atoms with E-state index in [2.05, 4.69) is 10.1 Å². The van der Waals surface area contributed by atoms with Crippen LogP contribution in [-0.2, 0) is 11.3 Å². The smallest absolute Gasteiger partial charge is 0.406 e. The molecule has 1 rings (SSSR count). The normalized spacial score (nSPS) is 11.0. The van der Waals surface area contributed by atoms with Crippen molar-refractivity contribution in [2.75, 3.05) is 0 Å². The Hall–Kier alpha value is -1.79. The molecule has 0 bridgehead atoms. The van der Waals surface area contributed by atoms with Gasteiger partial charge in [0, 0.05) is 18.2 Å². The van der Waals surface area contributed by atoms with Crippen molar-refractivity contribution in [2.24, 2.45) is 0 Å². The Morgan fingerprint density at radius 3 is 2.56 bits per heavy atom. The minimum absolute atomic E-state index is 0.0709. The van der Waals surface area contributed by atoms with Crippen molar-refractivity contribution in [3.8, 4) is 5.75 Å². The molecular formula is C9H7F4NO2. The van der Waals surface area contributed by atoms with Crippen molar-refractivity contribution in [1.82, 2.24) is 5.32 Å². The zero-order valence-corrected chi connectivity index (χ0v) is 7.84. The number of ether oxygens (including phenoxy) is 1. The number of alkyl halides is 3. The lowest BCUT2D eigenvalue weighted by Crippen LogP contribution is -2.17. The summed E-state index contributed by atoms with van der Waals surface area (Å²) in [6, 6.07) is 2.68. The van der Waals surface area contributed by atoms with Gasteiger partial charge in [-0.3, -0.25) is 4.79 Å². The molecule has 1 N–H and O–H groups in total. The van der Waals surface area contributed by atoms with Crippen LogP contribution < -0.4 is 10.1 Å².